The van der Waals surface area contributed by atoms with Crippen LogP contribution in [0, 0.1) is 45.3 Å². The molecule has 0 fully saturated rings. The molecule has 0 bridgehead atoms. The molecule has 6 nitrogen and oxygen atoms in total. The lowest BCUT2D eigenvalue weighted by Gasteiger charge is -2.45. The van der Waals surface area contributed by atoms with Gasteiger partial charge < -0.3 is 10.5 Å². The van der Waals surface area contributed by atoms with Crippen LogP contribution in [-0.2, 0) is 6.54 Å². The number of fused-ring (bicyclic) bond motifs is 1. The molecule has 2 atom stereocenters. The molecule has 2 aromatic rings. The van der Waals surface area contributed by atoms with Crippen molar-refractivity contribution < 1.29 is 4.74 Å². The van der Waals surface area contributed by atoms with Gasteiger partial charge in [-0.2, -0.15) is 15.8 Å². The lowest BCUT2D eigenvalue weighted by atomic mass is 9.58. The van der Waals surface area contributed by atoms with Crippen LogP contribution in [0.5, 0.6) is 5.75 Å². The molecule has 2 aromatic carbocycles. The lowest BCUT2D eigenvalue weighted by molar-refractivity contribution is 0.201. The second-order valence-corrected chi connectivity index (χ2v) is 8.13. The quantitative estimate of drug-likeness (QED) is 0.807. The summed E-state index contributed by atoms with van der Waals surface area (Å²) in [6, 6.07) is 24.1. The maximum atomic E-state index is 10.2. The van der Waals surface area contributed by atoms with Gasteiger partial charge in [0.1, 0.15) is 11.8 Å². The molecule has 2 aliphatic rings. The van der Waals surface area contributed by atoms with Crippen LogP contribution in [0.1, 0.15) is 17.0 Å². The van der Waals surface area contributed by atoms with Gasteiger partial charge in [-0.05, 0) is 28.8 Å². The Bertz CT molecular complexity index is 1200. The molecule has 1 heterocycles. The fourth-order valence-electron chi connectivity index (χ4n) is 4.92. The summed E-state index contributed by atoms with van der Waals surface area (Å²) in [6.07, 6.45) is 2.02. The van der Waals surface area contributed by atoms with Crippen molar-refractivity contribution in [2.75, 3.05) is 20.2 Å². The third-order valence-electron chi connectivity index (χ3n) is 6.44. The molecule has 1 aliphatic carbocycles. The number of hydrogen-bond donors (Lipinski definition) is 1. The van der Waals surface area contributed by atoms with Crippen molar-refractivity contribution in [3.8, 4) is 24.0 Å². The van der Waals surface area contributed by atoms with Gasteiger partial charge in [0.2, 0.25) is 0 Å². The van der Waals surface area contributed by atoms with Crippen LogP contribution in [0.4, 0.5) is 0 Å². The van der Waals surface area contributed by atoms with E-state index in [-0.39, 0.29) is 17.2 Å². The fourth-order valence-corrected chi connectivity index (χ4v) is 4.92. The number of nitriles is 3. The number of benzene rings is 2. The zero-order chi connectivity index (χ0) is 22.7. The molecular weight excluding hydrogens is 398 g/mol. The third kappa shape index (κ3) is 3.40. The first-order valence-corrected chi connectivity index (χ1v) is 10.4. The fraction of sp³-hybridized carbons (Fsp3) is 0.269. The van der Waals surface area contributed by atoms with Crippen LogP contribution in [0.25, 0.3) is 0 Å². The normalized spacial score (nSPS) is 22.0. The Balaban J connectivity index is 1.85. The number of ether oxygens (including phenoxy) is 1. The molecule has 0 aromatic heterocycles. The zero-order valence-electron chi connectivity index (χ0n) is 17.8. The van der Waals surface area contributed by atoms with Crippen LogP contribution in [0.2, 0.25) is 0 Å². The highest BCUT2D eigenvalue weighted by Crippen LogP contribution is 2.54. The Kier molecular flexibility index (Phi) is 5.69. The van der Waals surface area contributed by atoms with E-state index >= 15 is 0 Å². The van der Waals surface area contributed by atoms with Crippen LogP contribution >= 0.6 is 0 Å². The summed E-state index contributed by atoms with van der Waals surface area (Å²) in [5, 5.41) is 30.3. The van der Waals surface area contributed by atoms with Crippen LogP contribution in [-0.4, -0.2) is 25.1 Å². The van der Waals surface area contributed by atoms with E-state index in [1.165, 1.54) is 5.56 Å². The van der Waals surface area contributed by atoms with Crippen molar-refractivity contribution in [1.82, 2.24) is 4.90 Å². The van der Waals surface area contributed by atoms with E-state index in [0.717, 1.165) is 17.7 Å². The molecule has 6 heteroatoms. The molecule has 158 valence electrons. The maximum absolute atomic E-state index is 10.2. The van der Waals surface area contributed by atoms with Gasteiger partial charge >= 0.3 is 0 Å². The maximum Gasteiger partial charge on any atom is 0.191 e. The predicted octanol–water partition coefficient (Wildman–Crippen LogP) is 3.62. The second-order valence-electron chi connectivity index (χ2n) is 8.13. The first-order valence-electron chi connectivity index (χ1n) is 10.4. The summed E-state index contributed by atoms with van der Waals surface area (Å²) in [5.74, 6) is -0.126. The summed E-state index contributed by atoms with van der Waals surface area (Å²) in [7, 11) is 1.58. The zero-order valence-corrected chi connectivity index (χ0v) is 17.8. The minimum absolute atomic E-state index is 0.0387. The second kappa shape index (κ2) is 8.60. The number of rotatable bonds is 4. The molecule has 0 amide bonds. The smallest absolute Gasteiger partial charge is 0.191 e. The third-order valence-corrected chi connectivity index (χ3v) is 6.44. The van der Waals surface area contributed by atoms with E-state index in [1.807, 2.05) is 48.5 Å². The van der Waals surface area contributed by atoms with E-state index < -0.39 is 11.3 Å². The van der Waals surface area contributed by atoms with Gasteiger partial charge in [-0.1, -0.05) is 48.5 Å². The number of allylic oxidation sites excluding steroid dienone is 2. The minimum Gasteiger partial charge on any atom is -0.497 e. The summed E-state index contributed by atoms with van der Waals surface area (Å²) in [4.78, 5) is 2.27. The standard InChI is InChI=1S/C26H23N5O/c1-32-20-9-5-8-19(12-20)24-23-15-31(14-18-6-3-2-4-7-18)11-10-21(23)22(13-27)25(30)26(24,16-28)17-29/h2-10,12,23-24H,11,14-15,30H2,1H3. The molecule has 2 N–H and O–H groups in total. The molecule has 0 spiro atoms. The summed E-state index contributed by atoms with van der Waals surface area (Å²) >= 11 is 0. The van der Waals surface area contributed by atoms with Gasteiger partial charge in [0.05, 0.1) is 30.5 Å². The highest BCUT2D eigenvalue weighted by molar-refractivity contribution is 5.59. The van der Waals surface area contributed by atoms with Gasteiger partial charge in [0.25, 0.3) is 0 Å². The van der Waals surface area contributed by atoms with Crippen LogP contribution in [0.15, 0.2) is 77.5 Å². The molecule has 0 saturated carbocycles. The van der Waals surface area contributed by atoms with Gasteiger partial charge in [-0.15, -0.1) is 0 Å². The number of nitrogens with zero attached hydrogens (tertiary/aromatic N) is 4. The molecule has 4 rings (SSSR count). The van der Waals surface area contributed by atoms with Crippen molar-refractivity contribution in [3.05, 3.63) is 88.6 Å². The van der Waals surface area contributed by atoms with E-state index in [0.29, 0.717) is 18.8 Å². The van der Waals surface area contributed by atoms with Gasteiger partial charge in [0, 0.05) is 31.5 Å². The molecular formula is C26H23N5O. The minimum atomic E-state index is -1.64. The average Bonchev–Trinajstić information content (AvgIpc) is 2.84. The van der Waals surface area contributed by atoms with Gasteiger partial charge in [0.15, 0.2) is 5.41 Å². The van der Waals surface area contributed by atoms with E-state index in [1.54, 1.807) is 7.11 Å². The Morgan fingerprint density at radius 1 is 1.09 bits per heavy atom. The largest absolute Gasteiger partial charge is 0.497 e. The number of nitrogens with two attached hydrogens (primary N) is 1. The van der Waals surface area contributed by atoms with E-state index in [4.69, 9.17) is 10.5 Å². The summed E-state index contributed by atoms with van der Waals surface area (Å²) in [6.45, 7) is 2.00. The Morgan fingerprint density at radius 3 is 2.50 bits per heavy atom. The average molecular weight is 422 g/mol. The van der Waals surface area contributed by atoms with Crippen molar-refractivity contribution in [3.63, 3.8) is 0 Å². The molecule has 1 aliphatic heterocycles. The predicted molar refractivity (Wildman–Crippen MR) is 120 cm³/mol. The highest BCUT2D eigenvalue weighted by atomic mass is 16.5. The Hall–Kier alpha value is -4.05. The highest BCUT2D eigenvalue weighted by Gasteiger charge is 2.54. The van der Waals surface area contributed by atoms with Crippen molar-refractivity contribution in [1.29, 1.82) is 15.8 Å². The molecule has 2 unspecified atom stereocenters. The first kappa shape index (κ1) is 21.2. The molecule has 0 radical (unpaired) electrons. The van der Waals surface area contributed by atoms with Gasteiger partial charge in [-0.25, -0.2) is 0 Å². The van der Waals surface area contributed by atoms with Crippen LogP contribution < -0.4 is 10.5 Å². The number of hydrogen-bond acceptors (Lipinski definition) is 6. The Morgan fingerprint density at radius 2 is 1.84 bits per heavy atom. The van der Waals surface area contributed by atoms with Gasteiger partial charge in [-0.3, -0.25) is 4.90 Å². The topological polar surface area (TPSA) is 110 Å². The molecule has 32 heavy (non-hydrogen) atoms. The number of methoxy groups -OCH3 is 1. The SMILES string of the molecule is COc1cccc(C2C3CN(Cc4ccccc4)CC=C3C(C#N)=C(N)C2(C#N)C#N)c1. The van der Waals surface area contributed by atoms with Crippen LogP contribution in [0.3, 0.4) is 0 Å². The monoisotopic (exact) mass is 421 g/mol. The lowest BCUT2D eigenvalue weighted by Crippen LogP contribution is -2.47. The van der Waals surface area contributed by atoms with Crippen molar-refractivity contribution >= 4 is 0 Å². The summed E-state index contributed by atoms with van der Waals surface area (Å²) < 4.78 is 5.40. The van der Waals surface area contributed by atoms with Crippen molar-refractivity contribution in [2.24, 2.45) is 17.1 Å². The van der Waals surface area contributed by atoms with Crippen molar-refractivity contribution in [2.45, 2.75) is 12.5 Å². The molecule has 0 saturated heterocycles. The van der Waals surface area contributed by atoms with E-state index in [2.05, 4.69) is 35.2 Å². The Labute approximate surface area is 188 Å². The first-order chi connectivity index (χ1) is 15.6. The van der Waals surface area contributed by atoms with E-state index in [9.17, 15) is 15.8 Å². The summed E-state index contributed by atoms with van der Waals surface area (Å²) in [5.41, 5.74) is 7.84.